The highest BCUT2D eigenvalue weighted by Crippen LogP contribution is 2.36. The van der Waals surface area contributed by atoms with Gasteiger partial charge in [0.1, 0.15) is 0 Å². The molecular formula is C17H19Cl2NS. The molecule has 21 heavy (non-hydrogen) atoms. The second-order valence-electron chi connectivity index (χ2n) is 5.31. The van der Waals surface area contributed by atoms with Crippen molar-refractivity contribution in [2.24, 2.45) is 0 Å². The molecule has 0 amide bonds. The molecule has 2 aromatic carbocycles. The Balaban J connectivity index is 2.15. The molecular weight excluding hydrogens is 321 g/mol. The lowest BCUT2D eigenvalue weighted by Crippen LogP contribution is -2.21. The summed E-state index contributed by atoms with van der Waals surface area (Å²) in [7, 11) is 0. The molecule has 4 heteroatoms. The van der Waals surface area contributed by atoms with Crippen molar-refractivity contribution >= 4 is 35.0 Å². The minimum Gasteiger partial charge on any atom is -0.310 e. The summed E-state index contributed by atoms with van der Waals surface area (Å²) < 4.78 is 0. The van der Waals surface area contributed by atoms with E-state index in [0.29, 0.717) is 11.1 Å². The van der Waals surface area contributed by atoms with E-state index in [1.165, 1.54) is 16.0 Å². The van der Waals surface area contributed by atoms with Crippen LogP contribution in [0.4, 0.5) is 0 Å². The van der Waals surface area contributed by atoms with Crippen LogP contribution in [0.15, 0.2) is 46.2 Å². The average molecular weight is 340 g/mol. The predicted octanol–water partition coefficient (Wildman–Crippen LogP) is 5.95. The fourth-order valence-electron chi connectivity index (χ4n) is 1.93. The Bertz CT molecular complexity index is 626. The zero-order chi connectivity index (χ0) is 15.4. The number of hydrogen-bond donors (Lipinski definition) is 1. The van der Waals surface area contributed by atoms with E-state index in [1.54, 1.807) is 11.8 Å². The second kappa shape index (κ2) is 7.55. The summed E-state index contributed by atoms with van der Waals surface area (Å²) in [5.74, 6) is 0. The Morgan fingerprint density at radius 2 is 1.81 bits per heavy atom. The fourth-order valence-corrected chi connectivity index (χ4v) is 3.35. The van der Waals surface area contributed by atoms with E-state index < -0.39 is 0 Å². The molecule has 0 saturated heterocycles. The zero-order valence-corrected chi connectivity index (χ0v) is 14.7. The van der Waals surface area contributed by atoms with E-state index in [0.717, 1.165) is 16.5 Å². The van der Waals surface area contributed by atoms with Crippen LogP contribution in [-0.4, -0.2) is 6.04 Å². The Kier molecular flexibility index (Phi) is 6.00. The number of hydrogen-bond acceptors (Lipinski definition) is 2. The molecule has 2 rings (SSSR count). The minimum atomic E-state index is 0.490. The van der Waals surface area contributed by atoms with Gasteiger partial charge in [-0.1, -0.05) is 60.9 Å². The maximum Gasteiger partial charge on any atom is 0.0546 e. The van der Waals surface area contributed by atoms with Crippen molar-refractivity contribution in [2.45, 2.75) is 43.1 Å². The van der Waals surface area contributed by atoms with Crippen LogP contribution in [0.25, 0.3) is 0 Å². The van der Waals surface area contributed by atoms with Crippen molar-refractivity contribution in [1.29, 1.82) is 0 Å². The molecule has 0 unspecified atom stereocenters. The highest BCUT2D eigenvalue weighted by molar-refractivity contribution is 7.99. The summed E-state index contributed by atoms with van der Waals surface area (Å²) in [6.07, 6.45) is 0. The predicted molar refractivity (Wildman–Crippen MR) is 93.7 cm³/mol. The third-order valence-corrected chi connectivity index (χ3v) is 4.98. The summed E-state index contributed by atoms with van der Waals surface area (Å²) in [6.45, 7) is 7.32. The normalized spacial score (nSPS) is 11.1. The molecule has 0 bridgehead atoms. The van der Waals surface area contributed by atoms with Gasteiger partial charge in [0.05, 0.1) is 5.02 Å². The molecule has 0 atom stereocenters. The first-order valence-corrected chi connectivity index (χ1v) is 8.49. The Hall–Kier alpha value is -0.670. The van der Waals surface area contributed by atoms with Crippen molar-refractivity contribution in [3.63, 3.8) is 0 Å². The summed E-state index contributed by atoms with van der Waals surface area (Å²) in [4.78, 5) is 2.19. The molecule has 0 aliphatic carbocycles. The van der Waals surface area contributed by atoms with E-state index >= 15 is 0 Å². The van der Waals surface area contributed by atoms with Crippen LogP contribution in [0.3, 0.4) is 0 Å². The van der Waals surface area contributed by atoms with E-state index in [1.807, 2.05) is 18.2 Å². The standard InChI is InChI=1S/C17H19Cl2NS/c1-11(2)20-10-13-4-7-16(12(3)8-13)21-17-9-14(18)5-6-15(17)19/h4-9,11,20H,10H2,1-3H3. The molecule has 112 valence electrons. The molecule has 2 aromatic rings. The van der Waals surface area contributed by atoms with Gasteiger partial charge < -0.3 is 5.32 Å². The van der Waals surface area contributed by atoms with Crippen molar-refractivity contribution in [3.8, 4) is 0 Å². The smallest absolute Gasteiger partial charge is 0.0546 e. The van der Waals surface area contributed by atoms with Crippen LogP contribution in [0.5, 0.6) is 0 Å². The average Bonchev–Trinajstić information content (AvgIpc) is 2.43. The second-order valence-corrected chi connectivity index (χ2v) is 7.24. The molecule has 0 aliphatic heterocycles. The van der Waals surface area contributed by atoms with Gasteiger partial charge in [-0.2, -0.15) is 0 Å². The quantitative estimate of drug-likeness (QED) is 0.722. The van der Waals surface area contributed by atoms with Gasteiger partial charge in [0, 0.05) is 27.4 Å². The molecule has 0 fully saturated rings. The molecule has 0 saturated carbocycles. The van der Waals surface area contributed by atoms with Crippen LogP contribution < -0.4 is 5.32 Å². The molecule has 0 radical (unpaired) electrons. The monoisotopic (exact) mass is 339 g/mol. The van der Waals surface area contributed by atoms with Crippen molar-refractivity contribution in [3.05, 3.63) is 57.6 Å². The first kappa shape index (κ1) is 16.7. The van der Waals surface area contributed by atoms with Gasteiger partial charge in [0.15, 0.2) is 0 Å². The third-order valence-electron chi connectivity index (χ3n) is 3.07. The highest BCUT2D eigenvalue weighted by atomic mass is 35.5. The van der Waals surface area contributed by atoms with Gasteiger partial charge >= 0.3 is 0 Å². The van der Waals surface area contributed by atoms with Gasteiger partial charge in [-0.25, -0.2) is 0 Å². The number of halogens is 2. The van der Waals surface area contributed by atoms with Crippen molar-refractivity contribution in [2.75, 3.05) is 0 Å². The lowest BCUT2D eigenvalue weighted by Gasteiger charge is -2.12. The topological polar surface area (TPSA) is 12.0 Å². The zero-order valence-electron chi connectivity index (χ0n) is 12.4. The highest BCUT2D eigenvalue weighted by Gasteiger charge is 2.07. The van der Waals surface area contributed by atoms with Crippen LogP contribution >= 0.6 is 35.0 Å². The van der Waals surface area contributed by atoms with Gasteiger partial charge in [0.2, 0.25) is 0 Å². The first-order valence-electron chi connectivity index (χ1n) is 6.91. The summed E-state index contributed by atoms with van der Waals surface area (Å²) in [6, 6.07) is 12.6. The molecule has 1 nitrogen and oxygen atoms in total. The van der Waals surface area contributed by atoms with Crippen LogP contribution in [-0.2, 0) is 6.54 Å². The van der Waals surface area contributed by atoms with E-state index in [2.05, 4.69) is 44.3 Å². The van der Waals surface area contributed by atoms with Gasteiger partial charge in [-0.05, 0) is 42.3 Å². The summed E-state index contributed by atoms with van der Waals surface area (Å²) in [5.41, 5.74) is 2.54. The van der Waals surface area contributed by atoms with Crippen molar-refractivity contribution in [1.82, 2.24) is 5.32 Å². The summed E-state index contributed by atoms with van der Waals surface area (Å²) in [5, 5.41) is 4.87. The van der Waals surface area contributed by atoms with Crippen LogP contribution in [0.1, 0.15) is 25.0 Å². The lowest BCUT2D eigenvalue weighted by molar-refractivity contribution is 0.588. The Morgan fingerprint density at radius 1 is 1.05 bits per heavy atom. The van der Waals surface area contributed by atoms with Gasteiger partial charge in [-0.3, -0.25) is 0 Å². The van der Waals surface area contributed by atoms with E-state index in [4.69, 9.17) is 23.2 Å². The molecule has 0 spiro atoms. The third kappa shape index (κ3) is 4.93. The number of rotatable bonds is 5. The van der Waals surface area contributed by atoms with Crippen molar-refractivity contribution < 1.29 is 0 Å². The molecule has 1 N–H and O–H groups in total. The van der Waals surface area contributed by atoms with Crippen LogP contribution in [0.2, 0.25) is 10.0 Å². The Morgan fingerprint density at radius 3 is 2.48 bits per heavy atom. The number of benzene rings is 2. The molecule has 0 aliphatic rings. The van der Waals surface area contributed by atoms with Crippen LogP contribution in [0, 0.1) is 6.92 Å². The first-order chi connectivity index (χ1) is 9.95. The Labute approximate surface area is 141 Å². The minimum absolute atomic E-state index is 0.490. The maximum atomic E-state index is 6.22. The summed E-state index contributed by atoms with van der Waals surface area (Å²) >= 11 is 13.9. The maximum absolute atomic E-state index is 6.22. The molecule has 0 heterocycles. The van der Waals surface area contributed by atoms with Gasteiger partial charge in [-0.15, -0.1) is 0 Å². The molecule has 0 aromatic heterocycles. The van der Waals surface area contributed by atoms with E-state index in [-0.39, 0.29) is 0 Å². The number of aryl methyl sites for hydroxylation is 1. The number of nitrogens with one attached hydrogen (secondary N) is 1. The lowest BCUT2D eigenvalue weighted by atomic mass is 10.1. The SMILES string of the molecule is Cc1cc(CNC(C)C)ccc1Sc1cc(Cl)ccc1Cl. The van der Waals surface area contributed by atoms with E-state index in [9.17, 15) is 0 Å². The fraction of sp³-hybridized carbons (Fsp3) is 0.294. The van der Waals surface area contributed by atoms with Gasteiger partial charge in [0.25, 0.3) is 0 Å². The largest absolute Gasteiger partial charge is 0.310 e.